The van der Waals surface area contributed by atoms with E-state index in [1.54, 1.807) is 4.90 Å². The summed E-state index contributed by atoms with van der Waals surface area (Å²) in [5.74, 6) is 0.225. The molecule has 2 aliphatic rings. The third-order valence-corrected chi connectivity index (χ3v) is 4.49. The van der Waals surface area contributed by atoms with E-state index >= 15 is 0 Å². The Balaban J connectivity index is 2.21. The van der Waals surface area contributed by atoms with Crippen LogP contribution in [0.4, 0.5) is 0 Å². The molecular formula is C16H28N2O3. The van der Waals surface area contributed by atoms with Gasteiger partial charge in [0.2, 0.25) is 11.8 Å². The predicted molar refractivity (Wildman–Crippen MR) is 80.8 cm³/mol. The van der Waals surface area contributed by atoms with E-state index in [9.17, 15) is 9.59 Å². The lowest BCUT2D eigenvalue weighted by molar-refractivity contribution is -0.168. The molecule has 0 bridgehead atoms. The summed E-state index contributed by atoms with van der Waals surface area (Å²) in [6, 6.07) is -0.571. The van der Waals surface area contributed by atoms with Gasteiger partial charge < -0.3 is 14.5 Å². The molecule has 120 valence electrons. The minimum atomic E-state index is -0.422. The Kier molecular flexibility index (Phi) is 4.91. The van der Waals surface area contributed by atoms with Crippen LogP contribution >= 0.6 is 0 Å². The molecule has 21 heavy (non-hydrogen) atoms. The summed E-state index contributed by atoms with van der Waals surface area (Å²) < 4.78 is 5.73. The fraction of sp³-hybridized carbons (Fsp3) is 0.875. The summed E-state index contributed by atoms with van der Waals surface area (Å²) in [6.07, 6.45) is 3.50. The maximum atomic E-state index is 12.8. The van der Waals surface area contributed by atoms with Crippen LogP contribution < -0.4 is 0 Å². The number of hydrogen-bond donors (Lipinski definition) is 0. The van der Waals surface area contributed by atoms with Gasteiger partial charge in [0.15, 0.2) is 0 Å². The number of nitrogens with zero attached hydrogens (tertiary/aromatic N) is 2. The third-order valence-electron chi connectivity index (χ3n) is 4.49. The molecule has 2 aliphatic heterocycles. The Labute approximate surface area is 127 Å². The van der Waals surface area contributed by atoms with Gasteiger partial charge in [-0.25, -0.2) is 0 Å². The summed E-state index contributed by atoms with van der Waals surface area (Å²) >= 11 is 0. The van der Waals surface area contributed by atoms with Crippen molar-refractivity contribution in [2.24, 2.45) is 0 Å². The molecule has 0 spiro atoms. The van der Waals surface area contributed by atoms with Crippen LogP contribution in [0.2, 0.25) is 0 Å². The van der Waals surface area contributed by atoms with Gasteiger partial charge in [-0.15, -0.1) is 0 Å². The number of hydrogen-bond acceptors (Lipinski definition) is 3. The molecular weight excluding hydrogens is 268 g/mol. The number of rotatable bonds is 5. The second-order valence-corrected chi connectivity index (χ2v) is 6.63. The zero-order valence-corrected chi connectivity index (χ0v) is 13.7. The van der Waals surface area contributed by atoms with Crippen LogP contribution in [0.25, 0.3) is 0 Å². The van der Waals surface area contributed by atoms with Crippen LogP contribution in [0.5, 0.6) is 0 Å². The van der Waals surface area contributed by atoms with Gasteiger partial charge in [-0.05, 0) is 46.5 Å². The Morgan fingerprint density at radius 3 is 2.52 bits per heavy atom. The monoisotopic (exact) mass is 296 g/mol. The highest BCUT2D eigenvalue weighted by molar-refractivity contribution is 5.97. The first kappa shape index (κ1) is 16.3. The van der Waals surface area contributed by atoms with Gasteiger partial charge in [0.25, 0.3) is 0 Å². The average Bonchev–Trinajstić information content (AvgIpc) is 2.44. The van der Waals surface area contributed by atoms with Gasteiger partial charge in [-0.1, -0.05) is 6.92 Å². The third kappa shape index (κ3) is 3.23. The number of carbonyl (C=O) groups excluding carboxylic acids is 2. The zero-order chi connectivity index (χ0) is 15.6. The molecule has 0 aromatic rings. The van der Waals surface area contributed by atoms with E-state index in [-0.39, 0.29) is 23.9 Å². The van der Waals surface area contributed by atoms with Crippen LogP contribution in [0.15, 0.2) is 0 Å². The first-order valence-corrected chi connectivity index (χ1v) is 8.16. The molecule has 2 heterocycles. The first-order chi connectivity index (χ1) is 9.91. The highest BCUT2D eigenvalue weighted by Crippen LogP contribution is 2.29. The van der Waals surface area contributed by atoms with E-state index in [1.807, 2.05) is 32.6 Å². The van der Waals surface area contributed by atoms with E-state index in [0.717, 1.165) is 25.8 Å². The Bertz CT molecular complexity index is 408. The topological polar surface area (TPSA) is 49.9 Å². The minimum absolute atomic E-state index is 0.105. The normalized spacial score (nSPS) is 27.0. The molecule has 0 radical (unpaired) electrons. The van der Waals surface area contributed by atoms with Crippen molar-refractivity contribution in [1.82, 2.24) is 9.80 Å². The van der Waals surface area contributed by atoms with E-state index in [4.69, 9.17) is 4.74 Å². The number of carbonyl (C=O) groups is 2. The Hall–Kier alpha value is -1.10. The van der Waals surface area contributed by atoms with Crippen molar-refractivity contribution >= 4 is 11.8 Å². The lowest BCUT2D eigenvalue weighted by Crippen LogP contribution is -2.67. The van der Waals surface area contributed by atoms with Crippen molar-refractivity contribution in [3.05, 3.63) is 0 Å². The second-order valence-electron chi connectivity index (χ2n) is 6.63. The number of piperazine rings is 1. The molecule has 2 atom stereocenters. The van der Waals surface area contributed by atoms with Gasteiger partial charge in [0, 0.05) is 13.2 Å². The smallest absolute Gasteiger partial charge is 0.246 e. The van der Waals surface area contributed by atoms with Crippen molar-refractivity contribution in [3.8, 4) is 0 Å². The fourth-order valence-electron chi connectivity index (χ4n) is 3.55. The Morgan fingerprint density at radius 1 is 1.19 bits per heavy atom. The Morgan fingerprint density at radius 2 is 1.90 bits per heavy atom. The molecule has 5 heteroatoms. The van der Waals surface area contributed by atoms with Crippen LogP contribution in [-0.4, -0.2) is 59.0 Å². The van der Waals surface area contributed by atoms with Crippen molar-refractivity contribution in [1.29, 1.82) is 0 Å². The van der Waals surface area contributed by atoms with Gasteiger partial charge >= 0.3 is 0 Å². The molecule has 0 saturated carbocycles. The molecule has 0 N–H and O–H groups in total. The molecule has 2 fully saturated rings. The highest BCUT2D eigenvalue weighted by atomic mass is 16.5. The maximum Gasteiger partial charge on any atom is 0.246 e. The van der Waals surface area contributed by atoms with Gasteiger partial charge in [0.1, 0.15) is 12.1 Å². The quantitative estimate of drug-likeness (QED) is 0.777. The fourth-order valence-corrected chi connectivity index (χ4v) is 3.55. The van der Waals surface area contributed by atoms with E-state index in [1.165, 1.54) is 0 Å². The minimum Gasteiger partial charge on any atom is -0.374 e. The molecule has 2 amide bonds. The standard InChI is InChI=1S/C16H28N2O3/c1-5-12-14(19)17-10-8-7-9-13(17)15(20)18(12)11-16(3,4)21-6-2/h12-13H,5-11H2,1-4H3. The van der Waals surface area contributed by atoms with Crippen molar-refractivity contribution in [2.75, 3.05) is 19.7 Å². The van der Waals surface area contributed by atoms with Crippen molar-refractivity contribution in [3.63, 3.8) is 0 Å². The van der Waals surface area contributed by atoms with Crippen molar-refractivity contribution < 1.29 is 14.3 Å². The summed E-state index contributed by atoms with van der Waals surface area (Å²) in [6.45, 7) is 9.70. The van der Waals surface area contributed by atoms with Crippen molar-refractivity contribution in [2.45, 2.75) is 71.1 Å². The van der Waals surface area contributed by atoms with Gasteiger partial charge in [-0.2, -0.15) is 0 Å². The molecule has 5 nitrogen and oxygen atoms in total. The summed E-state index contributed by atoms with van der Waals surface area (Å²) in [5, 5.41) is 0. The van der Waals surface area contributed by atoms with Gasteiger partial charge in [-0.3, -0.25) is 9.59 Å². The molecule has 0 aromatic carbocycles. The number of fused-ring (bicyclic) bond motifs is 1. The number of amides is 2. The summed E-state index contributed by atoms with van der Waals surface area (Å²) in [4.78, 5) is 29.1. The highest BCUT2D eigenvalue weighted by Gasteiger charge is 2.47. The maximum absolute atomic E-state index is 12.8. The van der Waals surface area contributed by atoms with Crippen LogP contribution in [0.1, 0.15) is 53.4 Å². The molecule has 0 aliphatic carbocycles. The predicted octanol–water partition coefficient (Wildman–Crippen LogP) is 1.80. The summed E-state index contributed by atoms with van der Waals surface area (Å²) in [5.41, 5.74) is -0.422. The molecule has 2 unspecified atom stereocenters. The van der Waals surface area contributed by atoms with Crippen LogP contribution in [0, 0.1) is 0 Å². The number of ether oxygens (including phenoxy) is 1. The van der Waals surface area contributed by atoms with E-state index in [2.05, 4.69) is 0 Å². The summed E-state index contributed by atoms with van der Waals surface area (Å²) in [7, 11) is 0. The zero-order valence-electron chi connectivity index (χ0n) is 13.7. The second kappa shape index (κ2) is 6.34. The van der Waals surface area contributed by atoms with Crippen LogP contribution in [-0.2, 0) is 14.3 Å². The first-order valence-electron chi connectivity index (χ1n) is 8.16. The van der Waals surface area contributed by atoms with Crippen LogP contribution in [0.3, 0.4) is 0 Å². The lowest BCUT2D eigenvalue weighted by atomic mass is 9.93. The molecule has 2 saturated heterocycles. The lowest BCUT2D eigenvalue weighted by Gasteiger charge is -2.48. The molecule has 2 rings (SSSR count). The largest absolute Gasteiger partial charge is 0.374 e. The number of piperidine rings is 1. The van der Waals surface area contributed by atoms with E-state index < -0.39 is 5.60 Å². The SMILES string of the molecule is CCOC(C)(C)CN1C(=O)C2CCCCN2C(=O)C1CC. The average molecular weight is 296 g/mol. The molecule has 0 aromatic heterocycles. The van der Waals surface area contributed by atoms with E-state index in [0.29, 0.717) is 19.6 Å². The van der Waals surface area contributed by atoms with Gasteiger partial charge in [0.05, 0.1) is 12.1 Å².